The summed E-state index contributed by atoms with van der Waals surface area (Å²) in [6.45, 7) is 4.06. The molecule has 23 heavy (non-hydrogen) atoms. The number of allylic oxidation sites excluding steroid dienone is 1. The van der Waals surface area contributed by atoms with Crippen molar-refractivity contribution in [1.29, 1.82) is 0 Å². The number of aromatic nitrogens is 1. The first-order valence-electron chi connectivity index (χ1n) is 7.84. The molecule has 1 aromatic heterocycles. The first-order valence-corrected chi connectivity index (χ1v) is 8.22. The van der Waals surface area contributed by atoms with Gasteiger partial charge in [-0.2, -0.15) is 0 Å². The van der Waals surface area contributed by atoms with Crippen LogP contribution in [-0.2, 0) is 16.0 Å². The molecular weight excluding hydrogens is 312 g/mol. The number of rotatable bonds is 3. The van der Waals surface area contributed by atoms with Crippen molar-refractivity contribution in [3.05, 3.63) is 46.6 Å². The predicted molar refractivity (Wildman–Crippen MR) is 92.8 cm³/mol. The number of nitrogens with zero attached hydrogens (tertiary/aromatic N) is 1. The number of halogens is 1. The fraction of sp³-hybridized carbons (Fsp3) is 0.389. The number of carbonyl (C=O) groups is 1. The molecule has 0 spiro atoms. The highest BCUT2D eigenvalue weighted by atomic mass is 35.5. The van der Waals surface area contributed by atoms with Gasteiger partial charge in [-0.3, -0.25) is 9.69 Å². The van der Waals surface area contributed by atoms with Gasteiger partial charge in [0.2, 0.25) is 0 Å². The van der Waals surface area contributed by atoms with E-state index in [2.05, 4.69) is 16.0 Å². The number of esters is 1. The second-order valence-electron chi connectivity index (χ2n) is 5.86. The van der Waals surface area contributed by atoms with Crippen molar-refractivity contribution in [1.82, 2.24) is 9.88 Å². The van der Waals surface area contributed by atoms with Gasteiger partial charge >= 0.3 is 5.97 Å². The Morgan fingerprint density at radius 1 is 1.48 bits per heavy atom. The van der Waals surface area contributed by atoms with Crippen LogP contribution in [0.15, 0.2) is 35.4 Å². The smallest absolute Gasteiger partial charge is 0.315 e. The molecule has 1 N–H and O–H groups in total. The molecule has 5 heteroatoms. The van der Waals surface area contributed by atoms with Crippen LogP contribution in [0.3, 0.4) is 0 Å². The van der Waals surface area contributed by atoms with E-state index in [4.69, 9.17) is 16.3 Å². The quantitative estimate of drug-likeness (QED) is 0.876. The number of methoxy groups -OCH3 is 1. The second kappa shape index (κ2) is 6.77. The van der Waals surface area contributed by atoms with Crippen molar-refractivity contribution in [3.8, 4) is 0 Å². The van der Waals surface area contributed by atoms with Crippen molar-refractivity contribution in [3.63, 3.8) is 0 Å². The molecule has 1 aromatic carbocycles. The summed E-state index contributed by atoms with van der Waals surface area (Å²) >= 11 is 6.19. The Morgan fingerprint density at radius 2 is 2.26 bits per heavy atom. The highest BCUT2D eigenvalue weighted by Gasteiger charge is 2.32. The van der Waals surface area contributed by atoms with E-state index in [-0.39, 0.29) is 11.9 Å². The zero-order chi connectivity index (χ0) is 16.4. The molecule has 1 aliphatic rings. The maximum Gasteiger partial charge on any atom is 0.315 e. The summed E-state index contributed by atoms with van der Waals surface area (Å²) in [5.74, 6) is -0.521. The molecule has 0 amide bonds. The molecule has 4 nitrogen and oxygen atoms in total. The zero-order valence-corrected chi connectivity index (χ0v) is 14.2. The van der Waals surface area contributed by atoms with E-state index in [9.17, 15) is 4.79 Å². The van der Waals surface area contributed by atoms with Crippen LogP contribution in [-0.4, -0.2) is 42.6 Å². The van der Waals surface area contributed by atoms with E-state index < -0.39 is 0 Å². The van der Waals surface area contributed by atoms with Crippen molar-refractivity contribution >= 4 is 28.5 Å². The fourth-order valence-corrected chi connectivity index (χ4v) is 3.45. The number of nitrogens with one attached hydrogen (secondary N) is 1. The molecule has 0 saturated heterocycles. The standard InChI is InChI=1S/C18H21ClN2O2/c1-3-12(19)10-21-9-8-14-13-6-4-5-7-16(13)20-17(14)15(11-21)18(22)23-2/h3-7,15,20H,8-11H2,1-2H3/b12-3-. The van der Waals surface area contributed by atoms with Gasteiger partial charge in [0, 0.05) is 41.3 Å². The normalized spacial score (nSPS) is 19.4. The summed E-state index contributed by atoms with van der Waals surface area (Å²) in [6, 6.07) is 8.19. The molecule has 0 fully saturated rings. The van der Waals surface area contributed by atoms with Crippen molar-refractivity contribution < 1.29 is 9.53 Å². The molecule has 3 rings (SSSR count). The number of ether oxygens (including phenoxy) is 1. The lowest BCUT2D eigenvalue weighted by atomic mass is 10.00. The zero-order valence-electron chi connectivity index (χ0n) is 13.4. The maximum absolute atomic E-state index is 12.3. The Morgan fingerprint density at radius 3 is 3.00 bits per heavy atom. The number of hydrogen-bond acceptors (Lipinski definition) is 3. The van der Waals surface area contributed by atoms with Gasteiger partial charge in [-0.25, -0.2) is 0 Å². The number of hydrogen-bond donors (Lipinski definition) is 1. The van der Waals surface area contributed by atoms with E-state index in [0.29, 0.717) is 13.1 Å². The first kappa shape index (κ1) is 16.1. The van der Waals surface area contributed by atoms with Gasteiger partial charge in [-0.1, -0.05) is 35.9 Å². The minimum atomic E-state index is -0.314. The molecule has 122 valence electrons. The van der Waals surface area contributed by atoms with Gasteiger partial charge in [0.05, 0.1) is 7.11 Å². The monoisotopic (exact) mass is 332 g/mol. The third kappa shape index (κ3) is 3.14. The summed E-state index contributed by atoms with van der Waals surface area (Å²) in [4.78, 5) is 18.0. The summed E-state index contributed by atoms with van der Waals surface area (Å²) in [5, 5.41) is 1.99. The third-order valence-electron chi connectivity index (χ3n) is 4.49. The van der Waals surface area contributed by atoms with E-state index >= 15 is 0 Å². The molecule has 1 unspecified atom stereocenters. The minimum absolute atomic E-state index is 0.207. The maximum atomic E-state index is 12.3. The summed E-state index contributed by atoms with van der Waals surface area (Å²) in [7, 11) is 1.44. The topological polar surface area (TPSA) is 45.3 Å². The third-order valence-corrected chi connectivity index (χ3v) is 4.83. The molecule has 0 saturated carbocycles. The van der Waals surface area contributed by atoms with Crippen molar-refractivity contribution in [2.24, 2.45) is 0 Å². The largest absolute Gasteiger partial charge is 0.468 e. The lowest BCUT2D eigenvalue weighted by Crippen LogP contribution is -2.33. The number of H-pyrrole nitrogens is 1. The van der Waals surface area contributed by atoms with E-state index in [1.165, 1.54) is 18.1 Å². The first-order chi connectivity index (χ1) is 11.1. The summed E-state index contributed by atoms with van der Waals surface area (Å²) in [6.07, 6.45) is 2.79. The van der Waals surface area contributed by atoms with Crippen molar-refractivity contribution in [2.75, 3.05) is 26.7 Å². The van der Waals surface area contributed by atoms with Gasteiger partial charge in [0.1, 0.15) is 5.92 Å². The van der Waals surface area contributed by atoms with Crippen LogP contribution in [0.1, 0.15) is 24.1 Å². The van der Waals surface area contributed by atoms with Gasteiger partial charge in [0.15, 0.2) is 0 Å². The van der Waals surface area contributed by atoms with Gasteiger partial charge in [0.25, 0.3) is 0 Å². The Balaban J connectivity index is 2.01. The molecular formula is C18H21ClN2O2. The fourth-order valence-electron chi connectivity index (χ4n) is 3.28. The lowest BCUT2D eigenvalue weighted by molar-refractivity contribution is -0.142. The Labute approximate surface area is 141 Å². The summed E-state index contributed by atoms with van der Waals surface area (Å²) < 4.78 is 5.04. The van der Waals surface area contributed by atoms with Gasteiger partial charge < -0.3 is 9.72 Å². The molecule has 1 aliphatic heterocycles. The van der Waals surface area contributed by atoms with Gasteiger partial charge in [-0.15, -0.1) is 0 Å². The molecule has 0 radical (unpaired) electrons. The van der Waals surface area contributed by atoms with Crippen LogP contribution in [0, 0.1) is 0 Å². The Hall–Kier alpha value is -1.78. The highest BCUT2D eigenvalue weighted by Crippen LogP contribution is 2.32. The second-order valence-corrected chi connectivity index (χ2v) is 6.34. The van der Waals surface area contributed by atoms with Crippen LogP contribution >= 0.6 is 11.6 Å². The lowest BCUT2D eigenvalue weighted by Gasteiger charge is -2.22. The van der Waals surface area contributed by atoms with E-state index in [1.54, 1.807) is 0 Å². The SMILES string of the molecule is C/C=C(\Cl)CN1CCc2c([nH]c3ccccc23)C(C(=O)OC)C1. The number of fused-ring (bicyclic) bond motifs is 3. The predicted octanol–water partition coefficient (Wildman–Crippen LogP) is 3.43. The molecule has 2 heterocycles. The molecule has 0 aliphatic carbocycles. The number of aromatic amines is 1. The Bertz CT molecular complexity index is 751. The highest BCUT2D eigenvalue weighted by molar-refractivity contribution is 6.29. The van der Waals surface area contributed by atoms with Crippen LogP contribution in [0.4, 0.5) is 0 Å². The van der Waals surface area contributed by atoms with Crippen LogP contribution in [0.2, 0.25) is 0 Å². The van der Waals surface area contributed by atoms with Crippen LogP contribution in [0.5, 0.6) is 0 Å². The van der Waals surface area contributed by atoms with Gasteiger partial charge in [-0.05, 0) is 25.0 Å². The number of carbonyl (C=O) groups excluding carboxylic acids is 1. The van der Waals surface area contributed by atoms with E-state index in [0.717, 1.165) is 29.2 Å². The Kier molecular flexibility index (Phi) is 4.74. The average Bonchev–Trinajstić information content (AvgIpc) is 2.85. The van der Waals surface area contributed by atoms with Crippen molar-refractivity contribution in [2.45, 2.75) is 19.3 Å². The number of benzene rings is 1. The number of para-hydroxylation sites is 1. The minimum Gasteiger partial charge on any atom is -0.468 e. The molecule has 2 aromatic rings. The summed E-state index contributed by atoms with van der Waals surface area (Å²) in [5.41, 5.74) is 3.28. The van der Waals surface area contributed by atoms with Crippen LogP contribution < -0.4 is 0 Å². The van der Waals surface area contributed by atoms with Crippen LogP contribution in [0.25, 0.3) is 10.9 Å². The molecule has 1 atom stereocenters. The van der Waals surface area contributed by atoms with E-state index in [1.807, 2.05) is 31.2 Å². The molecule has 0 bridgehead atoms. The average molecular weight is 333 g/mol.